The molecule has 23 nitrogen and oxygen atoms in total. The minimum absolute atomic E-state index is 0.00401. The number of aliphatic hydroxyl groups is 3. The molecule has 0 saturated carbocycles. The summed E-state index contributed by atoms with van der Waals surface area (Å²) in [4.78, 5) is 52.8. The predicted molar refractivity (Wildman–Crippen MR) is 146 cm³/mol. The van der Waals surface area contributed by atoms with Crippen molar-refractivity contribution in [2.24, 2.45) is 5.73 Å². The first-order valence-electron chi connectivity index (χ1n) is 13.0. The van der Waals surface area contributed by atoms with Crippen LogP contribution in [0.1, 0.15) is 12.6 Å². The van der Waals surface area contributed by atoms with Crippen molar-refractivity contribution < 1.29 is 75.9 Å². The number of ether oxygens (including phenoxy) is 2. The van der Waals surface area contributed by atoms with E-state index in [1.807, 2.05) is 0 Å². The van der Waals surface area contributed by atoms with Crippen LogP contribution in [0.25, 0.3) is 11.2 Å². The Hall–Kier alpha value is -2.40. The molecule has 26 heteroatoms. The quantitative estimate of drug-likeness (QED) is 0.103. The number of aromatic nitrogens is 4. The summed E-state index contributed by atoms with van der Waals surface area (Å²) < 4.78 is 67.8. The molecule has 3 aliphatic rings. The van der Waals surface area contributed by atoms with Crippen LogP contribution in [-0.4, -0.2) is 110 Å². The fourth-order valence-corrected chi connectivity index (χ4v) is 7.49. The van der Waals surface area contributed by atoms with Gasteiger partial charge in [-0.3, -0.25) is 22.7 Å². The van der Waals surface area contributed by atoms with E-state index in [0.29, 0.717) is 12.1 Å². The molecule has 10 unspecified atom stereocenters. The lowest BCUT2D eigenvalue weighted by atomic mass is 10.1. The maximum absolute atomic E-state index is 13.3. The highest BCUT2D eigenvalue weighted by atomic mass is 31.3. The van der Waals surface area contributed by atoms with Gasteiger partial charge in [-0.05, 0) is 0 Å². The molecule has 0 spiro atoms. The summed E-state index contributed by atoms with van der Waals surface area (Å²) in [7, 11) is -16.5. The van der Waals surface area contributed by atoms with Crippen LogP contribution in [0.15, 0.2) is 36.8 Å². The highest BCUT2D eigenvalue weighted by Crippen LogP contribution is 2.60. The molecular formula is C20H29N7O16P3-. The molecule has 0 bridgehead atoms. The number of hydrogen-bond acceptors (Lipinski definition) is 19. The van der Waals surface area contributed by atoms with Crippen molar-refractivity contribution in [3.63, 3.8) is 0 Å². The summed E-state index contributed by atoms with van der Waals surface area (Å²) in [6.45, 7) is -1.98. The third kappa shape index (κ3) is 7.83. The van der Waals surface area contributed by atoms with E-state index in [0.717, 1.165) is 17.2 Å². The van der Waals surface area contributed by atoms with Gasteiger partial charge in [0.25, 0.3) is 7.82 Å². The van der Waals surface area contributed by atoms with Gasteiger partial charge in [0.2, 0.25) is 0 Å². The second-order valence-corrected chi connectivity index (χ2v) is 14.3. The van der Waals surface area contributed by atoms with Crippen molar-refractivity contribution >= 4 is 40.4 Å². The molecule has 0 amide bonds. The number of allylic oxidation sites excluding steroid dienone is 1. The second kappa shape index (κ2) is 13.2. The molecular weight excluding hydrogens is 687 g/mol. The Morgan fingerprint density at radius 1 is 0.957 bits per heavy atom. The zero-order chi connectivity index (χ0) is 33.6. The van der Waals surface area contributed by atoms with Crippen molar-refractivity contribution in [2.45, 2.75) is 55.5 Å². The van der Waals surface area contributed by atoms with Crippen LogP contribution in [0.5, 0.6) is 0 Å². The van der Waals surface area contributed by atoms with Crippen LogP contribution in [0.3, 0.4) is 0 Å². The van der Waals surface area contributed by atoms with Gasteiger partial charge in [0, 0.05) is 24.5 Å². The minimum atomic E-state index is -5.84. The van der Waals surface area contributed by atoms with Gasteiger partial charge in [0.15, 0.2) is 23.9 Å². The molecule has 2 fully saturated rings. The van der Waals surface area contributed by atoms with E-state index in [1.165, 1.54) is 17.3 Å². The van der Waals surface area contributed by atoms with Gasteiger partial charge in [0.1, 0.15) is 48.5 Å². The van der Waals surface area contributed by atoms with Crippen LogP contribution in [0.2, 0.25) is 0 Å². The first kappa shape index (κ1) is 34.9. The van der Waals surface area contributed by atoms with Crippen molar-refractivity contribution in [1.29, 1.82) is 0 Å². The fourth-order valence-electron chi connectivity index (χ4n) is 4.82. The molecule has 0 aromatic carbocycles. The van der Waals surface area contributed by atoms with Gasteiger partial charge < -0.3 is 60.7 Å². The Kier molecular flexibility index (Phi) is 10.1. The molecule has 46 heavy (non-hydrogen) atoms. The number of nitrogen functional groups attached to an aromatic ring is 1. The number of phosphoric acid groups is 3. The summed E-state index contributed by atoms with van der Waals surface area (Å²) in [6.07, 6.45) is -5.69. The summed E-state index contributed by atoms with van der Waals surface area (Å²) in [5.74, 6) is -0.0564. The number of aliphatic hydroxyl groups excluding tert-OH is 3. The normalized spacial score (nSPS) is 32.8. The van der Waals surface area contributed by atoms with Crippen molar-refractivity contribution in [1.82, 2.24) is 24.4 Å². The smallest absolute Gasteiger partial charge is 0.481 e. The van der Waals surface area contributed by atoms with E-state index in [-0.39, 0.29) is 17.0 Å². The first-order chi connectivity index (χ1) is 21.4. The van der Waals surface area contributed by atoms with E-state index in [1.54, 1.807) is 6.08 Å². The maximum Gasteiger partial charge on any atom is 0.481 e. The van der Waals surface area contributed by atoms with E-state index in [4.69, 9.17) is 34.5 Å². The SMILES string of the molecule is NC1=CN(C2OC(COP(=O)(OCC3OC(n4cnc5c(N)ncnc54)C(OP(=O)(O)O)C3O)OP(=O)([O-])O)C(O)C2O)C=CC1. The average Bonchev–Trinajstić information content (AvgIpc) is 3.60. The van der Waals surface area contributed by atoms with Gasteiger partial charge in [-0.1, -0.05) is 6.08 Å². The molecule has 3 aliphatic heterocycles. The van der Waals surface area contributed by atoms with E-state index in [9.17, 15) is 48.6 Å². The Labute approximate surface area is 258 Å². The maximum atomic E-state index is 13.3. The van der Waals surface area contributed by atoms with E-state index in [2.05, 4.69) is 19.3 Å². The number of anilines is 1. The number of nitrogens with zero attached hydrogens (tertiary/aromatic N) is 5. The number of phosphoric ester groups is 2. The van der Waals surface area contributed by atoms with Crippen molar-refractivity contribution in [2.75, 3.05) is 18.9 Å². The third-order valence-electron chi connectivity index (χ3n) is 6.81. The molecule has 2 saturated heterocycles. The molecule has 10 N–H and O–H groups in total. The topological polar surface area (TPSA) is 350 Å². The largest absolute Gasteiger partial charge is 0.756 e. The molecule has 5 rings (SSSR count). The van der Waals surface area contributed by atoms with Crippen LogP contribution in [0, 0.1) is 0 Å². The zero-order valence-electron chi connectivity index (χ0n) is 23.1. The fraction of sp³-hybridized carbons (Fsp3) is 0.550. The molecule has 0 aliphatic carbocycles. The van der Waals surface area contributed by atoms with Crippen LogP contribution >= 0.6 is 23.5 Å². The molecule has 5 heterocycles. The van der Waals surface area contributed by atoms with Crippen molar-refractivity contribution in [3.8, 4) is 0 Å². The Balaban J connectivity index is 1.31. The molecule has 2 aromatic rings. The number of imidazole rings is 1. The summed E-state index contributed by atoms with van der Waals surface area (Å²) in [5.41, 5.74) is 12.0. The Morgan fingerprint density at radius 2 is 1.61 bits per heavy atom. The zero-order valence-corrected chi connectivity index (χ0v) is 25.8. The summed E-state index contributed by atoms with van der Waals surface area (Å²) in [5, 5.41) is 31.8. The monoisotopic (exact) mass is 716 g/mol. The van der Waals surface area contributed by atoms with Gasteiger partial charge in [-0.2, -0.15) is 0 Å². The predicted octanol–water partition coefficient (Wildman–Crippen LogP) is -2.77. The van der Waals surface area contributed by atoms with Gasteiger partial charge in [-0.15, -0.1) is 0 Å². The summed E-state index contributed by atoms with van der Waals surface area (Å²) in [6, 6.07) is 0. The minimum Gasteiger partial charge on any atom is -0.756 e. The van der Waals surface area contributed by atoms with Gasteiger partial charge in [-0.25, -0.2) is 28.4 Å². The number of nitrogens with two attached hydrogens (primary N) is 2. The Morgan fingerprint density at radius 3 is 2.24 bits per heavy atom. The van der Waals surface area contributed by atoms with E-state index >= 15 is 0 Å². The lowest BCUT2D eigenvalue weighted by Gasteiger charge is -2.28. The summed E-state index contributed by atoms with van der Waals surface area (Å²) >= 11 is 0. The highest BCUT2D eigenvalue weighted by molar-refractivity contribution is 7.60. The van der Waals surface area contributed by atoms with E-state index < -0.39 is 85.8 Å². The van der Waals surface area contributed by atoms with Crippen molar-refractivity contribution in [3.05, 3.63) is 36.8 Å². The number of fused-ring (bicyclic) bond motifs is 1. The lowest BCUT2D eigenvalue weighted by molar-refractivity contribution is -0.213. The van der Waals surface area contributed by atoms with Gasteiger partial charge >= 0.3 is 15.6 Å². The number of rotatable bonds is 12. The third-order valence-corrected chi connectivity index (χ3v) is 9.88. The average molecular weight is 716 g/mol. The standard InChI is InChI=1S/C20H30N7O16P3/c21-9-2-1-3-26(4-9)19-15(30)13(28)10(40-19)5-38-46(37,43-45(34,35)36)39-6-11-14(29)16(42-44(31,32)33)20(41-11)27-8-25-12-17(22)23-7-24-18(12)27/h1,3-4,7-8,10-11,13-16,19-20,28-30H,2,5-6,21H2,(H2,22,23,24)(H2,31,32,33)(H2,34,35,36)/p-1. The van der Waals surface area contributed by atoms with Crippen LogP contribution in [-0.2, 0) is 41.1 Å². The highest BCUT2D eigenvalue weighted by Gasteiger charge is 2.51. The first-order valence-corrected chi connectivity index (χ1v) is 17.5. The molecule has 10 atom stereocenters. The number of hydrogen-bond donors (Lipinski definition) is 8. The van der Waals surface area contributed by atoms with Crippen LogP contribution in [0.4, 0.5) is 5.82 Å². The molecule has 0 radical (unpaired) electrons. The lowest BCUT2D eigenvalue weighted by Crippen LogP contribution is -2.40. The molecule has 256 valence electrons. The molecule has 2 aromatic heterocycles. The Bertz CT molecular complexity index is 1630. The van der Waals surface area contributed by atoms with Crippen LogP contribution < -0.4 is 16.4 Å². The van der Waals surface area contributed by atoms with Gasteiger partial charge in [0.05, 0.1) is 19.5 Å². The second-order valence-electron chi connectivity index (χ2n) is 10.1.